The lowest BCUT2D eigenvalue weighted by atomic mass is 10.2. The fraction of sp³-hybridized carbons (Fsp3) is 0.583. The Hall–Kier alpha value is -1.29. The van der Waals surface area contributed by atoms with E-state index in [4.69, 9.17) is 0 Å². The first-order chi connectivity index (χ1) is 7.47. The predicted molar refractivity (Wildman–Crippen MR) is 63.2 cm³/mol. The van der Waals surface area contributed by atoms with Gasteiger partial charge in [0.25, 0.3) is 0 Å². The molecule has 0 amide bonds. The minimum atomic E-state index is -0.273. The Morgan fingerprint density at radius 2 is 2.19 bits per heavy atom. The zero-order valence-corrected chi connectivity index (χ0v) is 10.6. The van der Waals surface area contributed by atoms with Crippen LogP contribution in [0.15, 0.2) is 6.07 Å². The third-order valence-corrected chi connectivity index (χ3v) is 3.03. The molecular weight excluding hydrogens is 204 g/mol. The van der Waals surface area contributed by atoms with Crippen LogP contribution >= 0.6 is 0 Å². The third kappa shape index (κ3) is 2.64. The van der Waals surface area contributed by atoms with Crippen molar-refractivity contribution in [3.8, 4) is 0 Å². The maximum absolute atomic E-state index is 11.2. The van der Waals surface area contributed by atoms with Gasteiger partial charge in [-0.05, 0) is 32.4 Å². The summed E-state index contributed by atoms with van der Waals surface area (Å²) in [5, 5.41) is 3.14. The number of methoxy groups -OCH3 is 1. The predicted octanol–water partition coefficient (Wildman–Crippen LogP) is 1.29. The molecule has 1 aromatic heterocycles. The number of nitrogens with zero attached hydrogens (tertiary/aromatic N) is 1. The second-order valence-electron chi connectivity index (χ2n) is 4.08. The van der Waals surface area contributed by atoms with Crippen molar-refractivity contribution in [3.63, 3.8) is 0 Å². The highest BCUT2D eigenvalue weighted by atomic mass is 16.5. The number of hydrogen-bond acceptors (Lipinski definition) is 3. The van der Waals surface area contributed by atoms with Crippen LogP contribution in [0.25, 0.3) is 0 Å². The second-order valence-corrected chi connectivity index (χ2v) is 4.08. The molecule has 0 fully saturated rings. The fourth-order valence-corrected chi connectivity index (χ4v) is 1.64. The summed E-state index contributed by atoms with van der Waals surface area (Å²) in [6.45, 7) is 6.63. The number of nitrogens with one attached hydrogen (secondary N) is 1. The van der Waals surface area contributed by atoms with E-state index in [-0.39, 0.29) is 12.0 Å². The molecule has 0 radical (unpaired) electrons. The number of ether oxygens (including phenoxy) is 1. The van der Waals surface area contributed by atoms with E-state index >= 15 is 0 Å². The first-order valence-corrected chi connectivity index (χ1v) is 5.40. The molecule has 4 heteroatoms. The maximum Gasteiger partial charge on any atom is 0.322 e. The SMILES string of the molecule is COC(=O)C(C)NCc1cc(C)n(C)c1C. The molecule has 90 valence electrons. The molecule has 0 aliphatic carbocycles. The van der Waals surface area contributed by atoms with E-state index in [1.165, 1.54) is 24.1 Å². The highest BCUT2D eigenvalue weighted by molar-refractivity contribution is 5.75. The summed E-state index contributed by atoms with van der Waals surface area (Å²) < 4.78 is 6.79. The van der Waals surface area contributed by atoms with Crippen molar-refractivity contribution in [1.82, 2.24) is 9.88 Å². The van der Waals surface area contributed by atoms with Crippen LogP contribution in [0, 0.1) is 13.8 Å². The third-order valence-electron chi connectivity index (χ3n) is 3.03. The van der Waals surface area contributed by atoms with Gasteiger partial charge in [-0.25, -0.2) is 0 Å². The summed E-state index contributed by atoms with van der Waals surface area (Å²) in [5.41, 5.74) is 3.66. The van der Waals surface area contributed by atoms with Crippen molar-refractivity contribution in [3.05, 3.63) is 23.0 Å². The van der Waals surface area contributed by atoms with Crippen LogP contribution in [0.4, 0.5) is 0 Å². The van der Waals surface area contributed by atoms with Crippen LogP contribution in [0.1, 0.15) is 23.9 Å². The molecular formula is C12H20N2O2. The van der Waals surface area contributed by atoms with Crippen LogP contribution in [0.5, 0.6) is 0 Å². The normalized spacial score (nSPS) is 12.6. The van der Waals surface area contributed by atoms with Crippen LogP contribution in [0.2, 0.25) is 0 Å². The summed E-state index contributed by atoms with van der Waals surface area (Å²) in [6.07, 6.45) is 0. The molecule has 1 atom stereocenters. The Labute approximate surface area is 96.6 Å². The Bertz CT molecular complexity index is 383. The van der Waals surface area contributed by atoms with E-state index < -0.39 is 0 Å². The average molecular weight is 224 g/mol. The molecule has 1 rings (SSSR count). The number of aromatic nitrogens is 1. The number of carbonyl (C=O) groups is 1. The van der Waals surface area contributed by atoms with E-state index in [2.05, 4.69) is 34.5 Å². The first kappa shape index (κ1) is 12.8. The summed E-state index contributed by atoms with van der Waals surface area (Å²) in [4.78, 5) is 11.2. The molecule has 0 aliphatic rings. The fourth-order valence-electron chi connectivity index (χ4n) is 1.64. The van der Waals surface area contributed by atoms with Gasteiger partial charge in [-0.1, -0.05) is 0 Å². The van der Waals surface area contributed by atoms with Crippen molar-refractivity contribution in [1.29, 1.82) is 0 Å². The van der Waals surface area contributed by atoms with E-state index in [0.29, 0.717) is 6.54 Å². The molecule has 0 spiro atoms. The minimum absolute atomic E-state index is 0.231. The van der Waals surface area contributed by atoms with Crippen molar-refractivity contribution in [2.24, 2.45) is 7.05 Å². The lowest BCUT2D eigenvalue weighted by molar-refractivity contribution is -0.142. The van der Waals surface area contributed by atoms with E-state index in [0.717, 1.165) is 0 Å². The van der Waals surface area contributed by atoms with Crippen molar-refractivity contribution in [2.45, 2.75) is 33.4 Å². The smallest absolute Gasteiger partial charge is 0.322 e. The quantitative estimate of drug-likeness (QED) is 0.784. The lowest BCUT2D eigenvalue weighted by Gasteiger charge is -2.11. The topological polar surface area (TPSA) is 43.3 Å². The van der Waals surface area contributed by atoms with E-state index in [9.17, 15) is 4.79 Å². The first-order valence-electron chi connectivity index (χ1n) is 5.40. The van der Waals surface area contributed by atoms with Gasteiger partial charge in [-0.3, -0.25) is 4.79 Å². The maximum atomic E-state index is 11.2. The van der Waals surface area contributed by atoms with E-state index in [1.807, 2.05) is 7.05 Å². The van der Waals surface area contributed by atoms with Gasteiger partial charge in [0.1, 0.15) is 6.04 Å². The van der Waals surface area contributed by atoms with Crippen molar-refractivity contribution in [2.75, 3.05) is 7.11 Å². The van der Waals surface area contributed by atoms with Gasteiger partial charge in [0.2, 0.25) is 0 Å². The molecule has 0 saturated carbocycles. The summed E-state index contributed by atoms with van der Waals surface area (Å²) in [6, 6.07) is 1.86. The molecule has 0 aromatic carbocycles. The van der Waals surface area contributed by atoms with E-state index in [1.54, 1.807) is 6.92 Å². The molecule has 16 heavy (non-hydrogen) atoms. The van der Waals surface area contributed by atoms with Gasteiger partial charge >= 0.3 is 5.97 Å². The molecule has 1 N–H and O–H groups in total. The Kier molecular flexibility index (Phi) is 4.12. The molecule has 0 saturated heterocycles. The van der Waals surface area contributed by atoms with Crippen LogP contribution in [-0.2, 0) is 23.1 Å². The lowest BCUT2D eigenvalue weighted by Crippen LogP contribution is -2.34. The zero-order valence-electron chi connectivity index (χ0n) is 10.6. The van der Waals surface area contributed by atoms with Crippen LogP contribution in [-0.4, -0.2) is 23.7 Å². The minimum Gasteiger partial charge on any atom is -0.468 e. The highest BCUT2D eigenvalue weighted by Crippen LogP contribution is 2.12. The van der Waals surface area contributed by atoms with Crippen LogP contribution < -0.4 is 5.32 Å². The zero-order chi connectivity index (χ0) is 12.3. The molecule has 1 heterocycles. The number of hydrogen-bond donors (Lipinski definition) is 1. The molecule has 0 bridgehead atoms. The average Bonchev–Trinajstić information content (AvgIpc) is 2.52. The summed E-state index contributed by atoms with van der Waals surface area (Å²) >= 11 is 0. The van der Waals surface area contributed by atoms with Gasteiger partial charge in [-0.2, -0.15) is 0 Å². The van der Waals surface area contributed by atoms with Crippen molar-refractivity contribution >= 4 is 5.97 Å². The monoisotopic (exact) mass is 224 g/mol. The number of aryl methyl sites for hydroxylation is 1. The number of esters is 1. The van der Waals surface area contributed by atoms with Gasteiger partial charge < -0.3 is 14.6 Å². The molecule has 0 aliphatic heterocycles. The summed E-state index contributed by atoms with van der Waals surface area (Å²) in [7, 11) is 3.44. The Morgan fingerprint density at radius 1 is 1.56 bits per heavy atom. The van der Waals surface area contributed by atoms with Gasteiger partial charge in [0.15, 0.2) is 0 Å². The number of rotatable bonds is 4. The van der Waals surface area contributed by atoms with Gasteiger partial charge in [-0.15, -0.1) is 0 Å². The molecule has 1 unspecified atom stereocenters. The van der Waals surface area contributed by atoms with Crippen molar-refractivity contribution < 1.29 is 9.53 Å². The molecule has 1 aromatic rings. The second kappa shape index (κ2) is 5.16. The standard InChI is InChI=1S/C12H20N2O2/c1-8-6-11(10(3)14(8)4)7-13-9(2)12(15)16-5/h6,9,13H,7H2,1-5H3. The molecule has 4 nitrogen and oxygen atoms in total. The van der Waals surface area contributed by atoms with Gasteiger partial charge in [0, 0.05) is 25.0 Å². The Morgan fingerprint density at radius 3 is 2.62 bits per heavy atom. The largest absolute Gasteiger partial charge is 0.468 e. The number of carbonyl (C=O) groups excluding carboxylic acids is 1. The summed E-state index contributed by atoms with van der Waals surface area (Å²) in [5.74, 6) is -0.231. The Balaban J connectivity index is 2.61. The van der Waals surface area contributed by atoms with Gasteiger partial charge in [0.05, 0.1) is 7.11 Å². The van der Waals surface area contributed by atoms with Crippen LogP contribution in [0.3, 0.4) is 0 Å². The highest BCUT2D eigenvalue weighted by Gasteiger charge is 2.13.